The highest BCUT2D eigenvalue weighted by molar-refractivity contribution is 7.99. The normalized spacial score (nSPS) is 12.2. The van der Waals surface area contributed by atoms with Gasteiger partial charge >= 0.3 is 0 Å². The highest BCUT2D eigenvalue weighted by atomic mass is 32.2. The zero-order chi connectivity index (χ0) is 28.2. The standard InChI is InChI=1S/C29H29F2N5O2S/c1-29(2,3)32-27(38)25(19-10-12-21(30)13-11-19)36(23-16-14-22(31)15-17-23)24(37)18-39-28-34-33-26(35(28)4)20-8-6-5-7-9-20/h5-17,25H,18H2,1-4H3,(H,32,38)/t25-/m0/s1. The van der Waals surface area contributed by atoms with E-state index in [-0.39, 0.29) is 5.75 Å². The Labute approximate surface area is 230 Å². The fourth-order valence-electron chi connectivity index (χ4n) is 4.01. The molecular formula is C29H29F2N5O2S. The number of hydrogen-bond acceptors (Lipinski definition) is 5. The van der Waals surface area contributed by atoms with Crippen LogP contribution in [-0.2, 0) is 16.6 Å². The SMILES string of the molecule is Cn1c(SCC(=O)N(c2ccc(F)cc2)[C@H](C(=O)NC(C)(C)C)c2ccc(F)cc2)nnc1-c1ccccc1. The first-order valence-corrected chi connectivity index (χ1v) is 13.2. The Balaban J connectivity index is 1.69. The molecule has 1 aromatic heterocycles. The molecule has 7 nitrogen and oxygen atoms in total. The lowest BCUT2D eigenvalue weighted by Gasteiger charge is -2.33. The van der Waals surface area contributed by atoms with Gasteiger partial charge in [-0.25, -0.2) is 8.78 Å². The molecule has 0 fully saturated rings. The Bertz CT molecular complexity index is 1440. The minimum atomic E-state index is -1.14. The predicted octanol–water partition coefficient (Wildman–Crippen LogP) is 5.54. The third-order valence-electron chi connectivity index (χ3n) is 5.76. The number of halogens is 2. The number of aromatic nitrogens is 3. The topological polar surface area (TPSA) is 80.1 Å². The summed E-state index contributed by atoms with van der Waals surface area (Å²) in [4.78, 5) is 28.8. The number of benzene rings is 3. The van der Waals surface area contributed by atoms with E-state index in [2.05, 4.69) is 15.5 Å². The van der Waals surface area contributed by atoms with Gasteiger partial charge in [-0.1, -0.05) is 54.2 Å². The van der Waals surface area contributed by atoms with Gasteiger partial charge in [0.05, 0.1) is 5.75 Å². The van der Waals surface area contributed by atoms with Crippen LogP contribution in [0.1, 0.15) is 32.4 Å². The van der Waals surface area contributed by atoms with E-state index in [0.29, 0.717) is 22.2 Å². The molecule has 0 unspecified atom stereocenters. The molecule has 1 heterocycles. The summed E-state index contributed by atoms with van der Waals surface area (Å²) in [7, 11) is 1.81. The van der Waals surface area contributed by atoms with Crippen LogP contribution in [0.25, 0.3) is 11.4 Å². The summed E-state index contributed by atoms with van der Waals surface area (Å²) in [5.74, 6) is -1.27. The first-order valence-electron chi connectivity index (χ1n) is 12.3. The molecule has 0 radical (unpaired) electrons. The molecule has 0 spiro atoms. The van der Waals surface area contributed by atoms with Crippen molar-refractivity contribution in [3.05, 3.63) is 96.1 Å². The van der Waals surface area contributed by atoms with Crippen LogP contribution in [0.4, 0.5) is 14.5 Å². The molecule has 4 aromatic rings. The molecule has 2 amide bonds. The van der Waals surface area contributed by atoms with Gasteiger partial charge in [-0.15, -0.1) is 10.2 Å². The number of amides is 2. The molecule has 0 aliphatic carbocycles. The van der Waals surface area contributed by atoms with Crippen molar-refractivity contribution in [3.63, 3.8) is 0 Å². The summed E-state index contributed by atoms with van der Waals surface area (Å²) in [5.41, 5.74) is 1.01. The van der Waals surface area contributed by atoms with E-state index >= 15 is 0 Å². The number of carbonyl (C=O) groups is 2. The molecule has 39 heavy (non-hydrogen) atoms. The minimum absolute atomic E-state index is 0.0847. The molecule has 1 N–H and O–H groups in total. The Morgan fingerprint density at radius 2 is 1.51 bits per heavy atom. The van der Waals surface area contributed by atoms with E-state index in [1.54, 1.807) is 4.57 Å². The molecule has 202 valence electrons. The zero-order valence-corrected chi connectivity index (χ0v) is 22.9. The smallest absolute Gasteiger partial charge is 0.248 e. The first kappa shape index (κ1) is 28.0. The van der Waals surface area contributed by atoms with E-state index in [9.17, 15) is 18.4 Å². The van der Waals surface area contributed by atoms with Crippen LogP contribution in [-0.4, -0.2) is 37.9 Å². The number of carbonyl (C=O) groups excluding carboxylic acids is 2. The molecule has 0 saturated carbocycles. The Morgan fingerprint density at radius 3 is 2.10 bits per heavy atom. The molecule has 0 bridgehead atoms. The zero-order valence-electron chi connectivity index (χ0n) is 22.1. The van der Waals surface area contributed by atoms with Crippen molar-refractivity contribution in [2.75, 3.05) is 10.7 Å². The van der Waals surface area contributed by atoms with E-state index in [4.69, 9.17) is 0 Å². The van der Waals surface area contributed by atoms with Crippen molar-refractivity contribution in [3.8, 4) is 11.4 Å². The molecule has 0 aliphatic rings. The monoisotopic (exact) mass is 549 g/mol. The third kappa shape index (κ3) is 6.88. The van der Waals surface area contributed by atoms with Crippen LogP contribution in [0.5, 0.6) is 0 Å². The van der Waals surface area contributed by atoms with Crippen LogP contribution in [0.2, 0.25) is 0 Å². The largest absolute Gasteiger partial charge is 0.349 e. The predicted molar refractivity (Wildman–Crippen MR) is 148 cm³/mol. The molecule has 10 heteroatoms. The van der Waals surface area contributed by atoms with Crippen LogP contribution in [0.3, 0.4) is 0 Å². The average molecular weight is 550 g/mol. The van der Waals surface area contributed by atoms with Gasteiger partial charge in [0, 0.05) is 23.8 Å². The first-order chi connectivity index (χ1) is 18.5. The fourth-order valence-corrected chi connectivity index (χ4v) is 4.78. The van der Waals surface area contributed by atoms with E-state index in [1.807, 2.05) is 58.2 Å². The highest BCUT2D eigenvalue weighted by Gasteiger charge is 2.34. The van der Waals surface area contributed by atoms with Crippen molar-refractivity contribution in [2.45, 2.75) is 37.5 Å². The molecule has 3 aromatic carbocycles. The van der Waals surface area contributed by atoms with Gasteiger partial charge in [-0.05, 0) is 62.7 Å². The molecule has 1 atom stereocenters. The maximum absolute atomic E-state index is 13.8. The number of hydrogen-bond donors (Lipinski definition) is 1. The van der Waals surface area contributed by atoms with Crippen LogP contribution >= 0.6 is 11.8 Å². The maximum Gasteiger partial charge on any atom is 0.248 e. The van der Waals surface area contributed by atoms with E-state index in [0.717, 1.165) is 5.56 Å². The van der Waals surface area contributed by atoms with E-state index in [1.165, 1.54) is 65.2 Å². The number of anilines is 1. The van der Waals surface area contributed by atoms with E-state index < -0.39 is 35.0 Å². The Morgan fingerprint density at radius 1 is 0.923 bits per heavy atom. The minimum Gasteiger partial charge on any atom is -0.349 e. The molecule has 4 rings (SSSR count). The van der Waals surface area contributed by atoms with Crippen molar-refractivity contribution < 1.29 is 18.4 Å². The molecular weight excluding hydrogens is 520 g/mol. The summed E-state index contributed by atoms with van der Waals surface area (Å²) in [6, 6.07) is 19.1. The van der Waals surface area contributed by atoms with Crippen molar-refractivity contribution >= 4 is 29.3 Å². The number of thioether (sulfide) groups is 1. The fraction of sp³-hybridized carbons (Fsp3) is 0.241. The second-order valence-corrected chi connectivity index (χ2v) is 10.9. The highest BCUT2D eigenvalue weighted by Crippen LogP contribution is 2.31. The maximum atomic E-state index is 13.8. The third-order valence-corrected chi connectivity index (χ3v) is 6.76. The molecule has 0 aliphatic heterocycles. The summed E-state index contributed by atoms with van der Waals surface area (Å²) < 4.78 is 29.4. The second-order valence-electron chi connectivity index (χ2n) is 9.95. The summed E-state index contributed by atoms with van der Waals surface area (Å²) in [6.07, 6.45) is 0. The van der Waals surface area contributed by atoms with Crippen molar-refractivity contribution in [1.82, 2.24) is 20.1 Å². The summed E-state index contributed by atoms with van der Waals surface area (Å²) in [6.45, 7) is 5.47. The Kier molecular flexibility index (Phi) is 8.44. The van der Waals surface area contributed by atoms with Gasteiger partial charge in [0.2, 0.25) is 11.8 Å². The van der Waals surface area contributed by atoms with Gasteiger partial charge < -0.3 is 9.88 Å². The number of rotatable bonds is 8. The number of nitrogens with zero attached hydrogens (tertiary/aromatic N) is 4. The lowest BCUT2D eigenvalue weighted by Crippen LogP contribution is -2.50. The summed E-state index contributed by atoms with van der Waals surface area (Å²) in [5, 5.41) is 11.9. The van der Waals surface area contributed by atoms with Crippen LogP contribution in [0, 0.1) is 11.6 Å². The van der Waals surface area contributed by atoms with Crippen molar-refractivity contribution in [1.29, 1.82) is 0 Å². The van der Waals surface area contributed by atoms with Gasteiger partial charge in [-0.2, -0.15) is 0 Å². The molecule has 0 saturated heterocycles. The number of nitrogens with one attached hydrogen (secondary N) is 1. The van der Waals surface area contributed by atoms with Crippen LogP contribution < -0.4 is 10.2 Å². The lowest BCUT2D eigenvalue weighted by molar-refractivity contribution is -0.127. The second kappa shape index (κ2) is 11.8. The van der Waals surface area contributed by atoms with Crippen LogP contribution in [0.15, 0.2) is 84.0 Å². The van der Waals surface area contributed by atoms with Crippen molar-refractivity contribution in [2.24, 2.45) is 7.05 Å². The lowest BCUT2D eigenvalue weighted by atomic mass is 10.0. The van der Waals surface area contributed by atoms with Gasteiger partial charge in [0.15, 0.2) is 11.0 Å². The average Bonchev–Trinajstić information content (AvgIpc) is 3.26. The summed E-state index contributed by atoms with van der Waals surface area (Å²) >= 11 is 1.17. The Hall–Kier alpha value is -4.05. The quantitative estimate of drug-likeness (QED) is 0.292. The van der Waals surface area contributed by atoms with Gasteiger partial charge in [0.25, 0.3) is 0 Å². The van der Waals surface area contributed by atoms with Gasteiger partial charge in [-0.3, -0.25) is 14.5 Å². The van der Waals surface area contributed by atoms with Gasteiger partial charge in [0.1, 0.15) is 17.7 Å².